The van der Waals surface area contributed by atoms with E-state index in [0.717, 1.165) is 22.7 Å². The Morgan fingerprint density at radius 2 is 1.73 bits per heavy atom. The van der Waals surface area contributed by atoms with Crippen molar-refractivity contribution in [3.63, 3.8) is 0 Å². The normalized spacial score (nSPS) is 19.9. The first-order valence-electron chi connectivity index (χ1n) is 8.76. The van der Waals surface area contributed by atoms with Gasteiger partial charge in [-0.1, -0.05) is 26.0 Å². The van der Waals surface area contributed by atoms with Crippen molar-refractivity contribution < 1.29 is 14.3 Å². The van der Waals surface area contributed by atoms with Crippen molar-refractivity contribution in [1.29, 1.82) is 0 Å². The SMILES string of the molecule is COc1ccc(OC)c(C2SC(C)C(=O)N2c2ccc(C(C)C)cc2)c1. The highest BCUT2D eigenvalue weighted by Crippen LogP contribution is 2.48. The van der Waals surface area contributed by atoms with E-state index in [4.69, 9.17) is 9.47 Å². The Bertz CT molecular complexity index is 788. The zero-order chi connectivity index (χ0) is 18.8. The van der Waals surface area contributed by atoms with E-state index in [1.807, 2.05) is 42.2 Å². The number of ether oxygens (including phenoxy) is 2. The van der Waals surface area contributed by atoms with Gasteiger partial charge in [-0.2, -0.15) is 0 Å². The minimum atomic E-state index is -0.146. The molecule has 1 heterocycles. The summed E-state index contributed by atoms with van der Waals surface area (Å²) in [6, 6.07) is 14.0. The van der Waals surface area contributed by atoms with E-state index in [1.54, 1.807) is 26.0 Å². The van der Waals surface area contributed by atoms with Gasteiger partial charge >= 0.3 is 0 Å². The molecular weight excluding hydrogens is 346 g/mol. The van der Waals surface area contributed by atoms with Crippen LogP contribution in [0, 0.1) is 0 Å². The molecule has 1 aliphatic rings. The molecule has 0 spiro atoms. The van der Waals surface area contributed by atoms with Crippen LogP contribution in [0.2, 0.25) is 0 Å². The van der Waals surface area contributed by atoms with Gasteiger partial charge in [0.2, 0.25) is 5.91 Å². The van der Waals surface area contributed by atoms with Crippen LogP contribution in [0.4, 0.5) is 5.69 Å². The predicted molar refractivity (Wildman–Crippen MR) is 107 cm³/mol. The van der Waals surface area contributed by atoms with Crippen molar-refractivity contribution in [3.05, 3.63) is 53.6 Å². The Morgan fingerprint density at radius 1 is 1.04 bits per heavy atom. The number of anilines is 1. The fourth-order valence-electron chi connectivity index (χ4n) is 3.15. The topological polar surface area (TPSA) is 38.8 Å². The number of benzene rings is 2. The number of hydrogen-bond acceptors (Lipinski definition) is 4. The zero-order valence-corrected chi connectivity index (χ0v) is 16.7. The lowest BCUT2D eigenvalue weighted by molar-refractivity contribution is -0.117. The fourth-order valence-corrected chi connectivity index (χ4v) is 4.45. The van der Waals surface area contributed by atoms with Crippen LogP contribution in [-0.2, 0) is 4.79 Å². The standard InChI is InChI=1S/C21H25NO3S/c1-13(2)15-6-8-16(9-7-15)22-20(23)14(3)26-21(22)18-12-17(24-4)10-11-19(18)25-5/h6-14,21H,1-5H3. The molecule has 0 saturated carbocycles. The van der Waals surface area contributed by atoms with Gasteiger partial charge in [-0.05, 0) is 48.7 Å². The van der Waals surface area contributed by atoms with E-state index >= 15 is 0 Å². The van der Waals surface area contributed by atoms with Crippen LogP contribution in [0.3, 0.4) is 0 Å². The Labute approximate surface area is 159 Å². The lowest BCUT2D eigenvalue weighted by Gasteiger charge is -2.26. The summed E-state index contributed by atoms with van der Waals surface area (Å²) < 4.78 is 10.9. The molecule has 2 aromatic rings. The molecule has 1 aliphatic heterocycles. The Kier molecular flexibility index (Phi) is 5.47. The second kappa shape index (κ2) is 7.62. The summed E-state index contributed by atoms with van der Waals surface area (Å²) in [7, 11) is 3.29. The third-order valence-corrected chi connectivity index (χ3v) is 6.03. The van der Waals surface area contributed by atoms with Crippen molar-refractivity contribution >= 4 is 23.4 Å². The van der Waals surface area contributed by atoms with Crippen LogP contribution >= 0.6 is 11.8 Å². The first kappa shape index (κ1) is 18.6. The number of hydrogen-bond donors (Lipinski definition) is 0. The van der Waals surface area contributed by atoms with Gasteiger partial charge in [0.05, 0.1) is 19.5 Å². The van der Waals surface area contributed by atoms with Crippen LogP contribution in [0.5, 0.6) is 11.5 Å². The largest absolute Gasteiger partial charge is 0.497 e. The summed E-state index contributed by atoms with van der Waals surface area (Å²) in [6.45, 7) is 6.28. The van der Waals surface area contributed by atoms with E-state index in [-0.39, 0.29) is 16.5 Å². The van der Waals surface area contributed by atoms with Crippen molar-refractivity contribution in [2.24, 2.45) is 0 Å². The van der Waals surface area contributed by atoms with Crippen LogP contribution < -0.4 is 14.4 Å². The number of carbonyl (C=O) groups excluding carboxylic acids is 1. The Hall–Kier alpha value is -2.14. The summed E-state index contributed by atoms with van der Waals surface area (Å²) in [5.41, 5.74) is 3.12. The van der Waals surface area contributed by atoms with Gasteiger partial charge in [-0.15, -0.1) is 11.8 Å². The quantitative estimate of drug-likeness (QED) is 0.742. The molecule has 5 heteroatoms. The summed E-state index contributed by atoms with van der Waals surface area (Å²) >= 11 is 1.63. The van der Waals surface area contributed by atoms with Gasteiger partial charge in [0.15, 0.2) is 0 Å². The molecule has 2 atom stereocenters. The van der Waals surface area contributed by atoms with Gasteiger partial charge in [-0.25, -0.2) is 0 Å². The number of rotatable bonds is 5. The van der Waals surface area contributed by atoms with E-state index in [1.165, 1.54) is 5.56 Å². The molecule has 3 rings (SSSR count). The lowest BCUT2D eigenvalue weighted by atomic mass is 10.0. The van der Waals surface area contributed by atoms with Crippen LogP contribution in [0.1, 0.15) is 43.2 Å². The minimum absolute atomic E-state index is 0.110. The molecule has 0 N–H and O–H groups in total. The van der Waals surface area contributed by atoms with Crippen molar-refractivity contribution in [2.45, 2.75) is 37.3 Å². The Morgan fingerprint density at radius 3 is 2.31 bits per heavy atom. The van der Waals surface area contributed by atoms with Crippen LogP contribution in [0.25, 0.3) is 0 Å². The first-order valence-corrected chi connectivity index (χ1v) is 9.71. The third-order valence-electron chi connectivity index (χ3n) is 4.69. The average molecular weight is 372 g/mol. The van der Waals surface area contributed by atoms with Gasteiger partial charge in [0, 0.05) is 11.3 Å². The van der Waals surface area contributed by atoms with Gasteiger partial charge < -0.3 is 9.47 Å². The van der Waals surface area contributed by atoms with E-state index in [2.05, 4.69) is 26.0 Å². The summed E-state index contributed by atoms with van der Waals surface area (Å²) in [5, 5.41) is -0.256. The molecular formula is C21H25NO3S. The molecule has 26 heavy (non-hydrogen) atoms. The second-order valence-electron chi connectivity index (χ2n) is 6.69. The number of amides is 1. The molecule has 1 fully saturated rings. The van der Waals surface area contributed by atoms with Gasteiger partial charge in [0.1, 0.15) is 16.9 Å². The highest BCUT2D eigenvalue weighted by atomic mass is 32.2. The van der Waals surface area contributed by atoms with Crippen molar-refractivity contribution in [3.8, 4) is 11.5 Å². The molecule has 0 bridgehead atoms. The number of methoxy groups -OCH3 is 2. The maximum Gasteiger partial charge on any atom is 0.241 e. The van der Waals surface area contributed by atoms with Crippen LogP contribution in [0.15, 0.2) is 42.5 Å². The molecule has 1 saturated heterocycles. The molecule has 1 amide bonds. The molecule has 4 nitrogen and oxygen atoms in total. The third kappa shape index (κ3) is 3.40. The smallest absolute Gasteiger partial charge is 0.241 e. The number of thioether (sulfide) groups is 1. The lowest BCUT2D eigenvalue weighted by Crippen LogP contribution is -2.30. The minimum Gasteiger partial charge on any atom is -0.497 e. The average Bonchev–Trinajstić information content (AvgIpc) is 2.96. The van der Waals surface area contributed by atoms with E-state index < -0.39 is 0 Å². The zero-order valence-electron chi connectivity index (χ0n) is 15.9. The molecule has 0 aromatic heterocycles. The van der Waals surface area contributed by atoms with Crippen molar-refractivity contribution in [1.82, 2.24) is 0 Å². The van der Waals surface area contributed by atoms with Crippen molar-refractivity contribution in [2.75, 3.05) is 19.1 Å². The molecule has 2 unspecified atom stereocenters. The van der Waals surface area contributed by atoms with E-state index in [9.17, 15) is 4.79 Å². The Balaban J connectivity index is 2.04. The number of nitrogens with zero attached hydrogens (tertiary/aromatic N) is 1. The van der Waals surface area contributed by atoms with Gasteiger partial charge in [0.25, 0.3) is 0 Å². The molecule has 2 aromatic carbocycles. The first-order chi connectivity index (χ1) is 12.5. The summed E-state index contributed by atoms with van der Waals surface area (Å²) in [5.74, 6) is 2.08. The maximum atomic E-state index is 12.9. The van der Waals surface area contributed by atoms with E-state index in [0.29, 0.717) is 5.92 Å². The second-order valence-corrected chi connectivity index (χ2v) is 8.12. The predicted octanol–water partition coefficient (Wildman–Crippen LogP) is 4.99. The number of carbonyl (C=O) groups is 1. The summed E-state index contributed by atoms with van der Waals surface area (Å²) in [4.78, 5) is 14.8. The monoisotopic (exact) mass is 371 g/mol. The summed E-state index contributed by atoms with van der Waals surface area (Å²) in [6.07, 6.45) is 0. The highest BCUT2D eigenvalue weighted by Gasteiger charge is 2.40. The molecule has 0 aliphatic carbocycles. The fraction of sp³-hybridized carbons (Fsp3) is 0.381. The van der Waals surface area contributed by atoms with Gasteiger partial charge in [-0.3, -0.25) is 9.69 Å². The molecule has 0 radical (unpaired) electrons. The maximum absolute atomic E-state index is 12.9. The molecule has 138 valence electrons. The highest BCUT2D eigenvalue weighted by molar-refractivity contribution is 8.01. The van der Waals surface area contributed by atoms with Crippen LogP contribution in [-0.4, -0.2) is 25.4 Å².